The van der Waals surface area contributed by atoms with E-state index in [-0.39, 0.29) is 22.5 Å². The molecule has 0 saturated heterocycles. The summed E-state index contributed by atoms with van der Waals surface area (Å²) in [4.78, 5) is 15.7. The molecule has 21 heavy (non-hydrogen) atoms. The fourth-order valence-corrected chi connectivity index (χ4v) is 3.27. The van der Waals surface area contributed by atoms with E-state index in [4.69, 9.17) is 0 Å². The standard InChI is InChI=1S/C12H12FN3O3S2/c1-2-21(18,19)12-15-10(16-20-12)7-14-11(17)8-3-5-9(13)6-4-8/h3-6H,2,7H2,1H3,(H,14,17). The van der Waals surface area contributed by atoms with Crippen molar-refractivity contribution in [1.82, 2.24) is 14.7 Å². The normalized spacial score (nSPS) is 11.3. The molecular weight excluding hydrogens is 317 g/mol. The number of nitrogens with one attached hydrogen (secondary N) is 1. The van der Waals surface area contributed by atoms with Crippen LogP contribution in [0.25, 0.3) is 0 Å². The molecule has 0 aliphatic heterocycles. The summed E-state index contributed by atoms with van der Waals surface area (Å²) in [6.45, 7) is 1.53. The van der Waals surface area contributed by atoms with Gasteiger partial charge in [-0.05, 0) is 35.8 Å². The zero-order valence-corrected chi connectivity index (χ0v) is 12.7. The third kappa shape index (κ3) is 3.82. The van der Waals surface area contributed by atoms with Gasteiger partial charge in [0.25, 0.3) is 5.91 Å². The van der Waals surface area contributed by atoms with Gasteiger partial charge in [-0.25, -0.2) is 17.8 Å². The van der Waals surface area contributed by atoms with E-state index in [1.165, 1.54) is 31.2 Å². The average Bonchev–Trinajstić information content (AvgIpc) is 2.95. The molecule has 1 heterocycles. The van der Waals surface area contributed by atoms with E-state index in [0.717, 1.165) is 11.5 Å². The van der Waals surface area contributed by atoms with Gasteiger partial charge in [0.2, 0.25) is 14.2 Å². The first kappa shape index (κ1) is 15.5. The first-order chi connectivity index (χ1) is 9.92. The van der Waals surface area contributed by atoms with Gasteiger partial charge >= 0.3 is 0 Å². The molecule has 6 nitrogen and oxygen atoms in total. The Morgan fingerprint density at radius 3 is 2.62 bits per heavy atom. The molecule has 2 aromatic rings. The number of halogens is 1. The van der Waals surface area contributed by atoms with E-state index in [1.54, 1.807) is 0 Å². The molecule has 0 saturated carbocycles. The molecule has 1 aromatic heterocycles. The first-order valence-electron chi connectivity index (χ1n) is 6.01. The molecule has 0 unspecified atom stereocenters. The second-order valence-electron chi connectivity index (χ2n) is 4.07. The van der Waals surface area contributed by atoms with Crippen LogP contribution in [0, 0.1) is 5.82 Å². The van der Waals surface area contributed by atoms with Gasteiger partial charge in [0.1, 0.15) is 5.82 Å². The maximum absolute atomic E-state index is 12.7. The molecule has 2 rings (SSSR count). The van der Waals surface area contributed by atoms with Crippen molar-refractivity contribution in [2.75, 3.05) is 5.75 Å². The first-order valence-corrected chi connectivity index (χ1v) is 8.44. The molecule has 9 heteroatoms. The highest BCUT2D eigenvalue weighted by Crippen LogP contribution is 2.13. The molecule has 1 N–H and O–H groups in total. The summed E-state index contributed by atoms with van der Waals surface area (Å²) >= 11 is 0.781. The summed E-state index contributed by atoms with van der Waals surface area (Å²) in [7, 11) is -3.38. The van der Waals surface area contributed by atoms with Gasteiger partial charge in [0, 0.05) is 5.56 Å². The minimum Gasteiger partial charge on any atom is -0.345 e. The number of aromatic nitrogens is 2. The minimum atomic E-state index is -3.38. The molecule has 0 aliphatic carbocycles. The number of carbonyl (C=O) groups excluding carboxylic acids is 1. The van der Waals surface area contributed by atoms with Crippen molar-refractivity contribution in [2.24, 2.45) is 0 Å². The molecule has 0 radical (unpaired) electrons. The van der Waals surface area contributed by atoms with Gasteiger partial charge in [-0.3, -0.25) is 4.79 Å². The third-order valence-corrected chi connectivity index (χ3v) is 5.53. The van der Waals surface area contributed by atoms with E-state index >= 15 is 0 Å². The summed E-state index contributed by atoms with van der Waals surface area (Å²) < 4.78 is 39.8. The van der Waals surface area contributed by atoms with Crippen molar-refractivity contribution in [3.63, 3.8) is 0 Å². The molecule has 0 bridgehead atoms. The highest BCUT2D eigenvalue weighted by atomic mass is 32.2. The maximum Gasteiger partial charge on any atom is 0.251 e. The van der Waals surface area contributed by atoms with Crippen LogP contribution in [0.5, 0.6) is 0 Å². The lowest BCUT2D eigenvalue weighted by molar-refractivity contribution is 0.0950. The molecule has 112 valence electrons. The largest absolute Gasteiger partial charge is 0.345 e. The molecule has 0 aliphatic rings. The number of amides is 1. The van der Waals surface area contributed by atoms with Crippen LogP contribution in [0.15, 0.2) is 28.6 Å². The molecule has 0 fully saturated rings. The lowest BCUT2D eigenvalue weighted by Crippen LogP contribution is -2.23. The summed E-state index contributed by atoms with van der Waals surface area (Å²) in [6, 6.07) is 5.07. The predicted octanol–water partition coefficient (Wildman–Crippen LogP) is 1.40. The topological polar surface area (TPSA) is 89.0 Å². The molecule has 0 atom stereocenters. The number of rotatable bonds is 5. The van der Waals surface area contributed by atoms with E-state index in [2.05, 4.69) is 14.7 Å². The van der Waals surface area contributed by atoms with Gasteiger partial charge in [-0.15, -0.1) is 0 Å². The van der Waals surface area contributed by atoms with E-state index < -0.39 is 21.6 Å². The van der Waals surface area contributed by atoms with Crippen molar-refractivity contribution in [2.45, 2.75) is 17.8 Å². The summed E-state index contributed by atoms with van der Waals surface area (Å²) in [5.41, 5.74) is 0.299. The lowest BCUT2D eigenvalue weighted by Gasteiger charge is -2.02. The summed E-state index contributed by atoms with van der Waals surface area (Å²) in [5, 5.41) is 2.54. The third-order valence-electron chi connectivity index (χ3n) is 2.61. The number of sulfone groups is 1. The number of carbonyl (C=O) groups is 1. The summed E-state index contributed by atoms with van der Waals surface area (Å²) in [6.07, 6.45) is 0. The van der Waals surface area contributed by atoms with E-state index in [0.29, 0.717) is 5.56 Å². The van der Waals surface area contributed by atoms with Gasteiger partial charge in [0.15, 0.2) is 5.82 Å². The Morgan fingerprint density at radius 2 is 2.00 bits per heavy atom. The molecule has 1 amide bonds. The Labute approximate surface area is 125 Å². The van der Waals surface area contributed by atoms with Gasteiger partial charge < -0.3 is 5.32 Å². The Hall–Kier alpha value is -1.87. The van der Waals surface area contributed by atoms with Crippen LogP contribution in [0.3, 0.4) is 0 Å². The maximum atomic E-state index is 12.7. The van der Waals surface area contributed by atoms with Crippen LogP contribution in [-0.2, 0) is 16.4 Å². The lowest BCUT2D eigenvalue weighted by atomic mass is 10.2. The predicted molar refractivity (Wildman–Crippen MR) is 75.2 cm³/mol. The number of benzene rings is 1. The van der Waals surface area contributed by atoms with Crippen molar-refractivity contribution in [3.05, 3.63) is 41.5 Å². The van der Waals surface area contributed by atoms with Crippen molar-refractivity contribution >= 4 is 27.3 Å². The van der Waals surface area contributed by atoms with Crippen LogP contribution in [-0.4, -0.2) is 29.4 Å². The van der Waals surface area contributed by atoms with E-state index in [1.807, 2.05) is 0 Å². The average molecular weight is 329 g/mol. The number of nitrogens with zero attached hydrogens (tertiary/aromatic N) is 2. The quantitative estimate of drug-likeness (QED) is 0.895. The highest BCUT2D eigenvalue weighted by Gasteiger charge is 2.18. The monoisotopic (exact) mass is 329 g/mol. The SMILES string of the molecule is CCS(=O)(=O)c1nc(CNC(=O)c2ccc(F)cc2)ns1. The number of hydrogen-bond donors (Lipinski definition) is 1. The Kier molecular flexibility index (Phi) is 4.63. The molecule has 1 aromatic carbocycles. The Bertz CT molecular complexity index is 741. The van der Waals surface area contributed by atoms with Crippen molar-refractivity contribution in [1.29, 1.82) is 0 Å². The van der Waals surface area contributed by atoms with Crippen LogP contribution >= 0.6 is 11.5 Å². The fraction of sp³-hybridized carbons (Fsp3) is 0.250. The van der Waals surface area contributed by atoms with Gasteiger partial charge in [-0.2, -0.15) is 4.37 Å². The van der Waals surface area contributed by atoms with Crippen LogP contribution in [0.2, 0.25) is 0 Å². The van der Waals surface area contributed by atoms with Gasteiger partial charge in [0.05, 0.1) is 12.3 Å². The fourth-order valence-electron chi connectivity index (χ4n) is 1.42. The van der Waals surface area contributed by atoms with Gasteiger partial charge in [-0.1, -0.05) is 6.92 Å². The summed E-state index contributed by atoms with van der Waals surface area (Å²) in [5.74, 6) is -0.668. The zero-order valence-electron chi connectivity index (χ0n) is 11.0. The second-order valence-corrected chi connectivity index (χ2v) is 7.27. The number of hydrogen-bond acceptors (Lipinski definition) is 6. The highest BCUT2D eigenvalue weighted by molar-refractivity contribution is 7.93. The second kappa shape index (κ2) is 6.27. The van der Waals surface area contributed by atoms with Crippen LogP contribution < -0.4 is 5.32 Å². The van der Waals surface area contributed by atoms with Crippen molar-refractivity contribution in [3.8, 4) is 0 Å². The Balaban J connectivity index is 2.00. The Morgan fingerprint density at radius 1 is 1.33 bits per heavy atom. The van der Waals surface area contributed by atoms with Crippen LogP contribution in [0.4, 0.5) is 4.39 Å². The smallest absolute Gasteiger partial charge is 0.251 e. The van der Waals surface area contributed by atoms with E-state index in [9.17, 15) is 17.6 Å². The zero-order chi connectivity index (χ0) is 15.5. The molecule has 0 spiro atoms. The van der Waals surface area contributed by atoms with Crippen molar-refractivity contribution < 1.29 is 17.6 Å². The van der Waals surface area contributed by atoms with Crippen LogP contribution in [0.1, 0.15) is 23.1 Å². The minimum absolute atomic E-state index is 0.00590. The molecular formula is C12H12FN3O3S2.